The molecular weight excluding hydrogens is 222 g/mol. The lowest BCUT2D eigenvalue weighted by Crippen LogP contribution is -2.16. The summed E-state index contributed by atoms with van der Waals surface area (Å²) < 4.78 is 0. The van der Waals surface area contributed by atoms with Crippen LogP contribution in [-0.2, 0) is 0 Å². The number of hydrogen-bond acceptors (Lipinski definition) is 2. The topological polar surface area (TPSA) is 43.1 Å². The van der Waals surface area contributed by atoms with Crippen LogP contribution in [0.15, 0.2) is 18.2 Å². The zero-order valence-corrected chi connectivity index (χ0v) is 12.0. The number of Topliss-reactive ketones (excluding diaryl/α,β-unsaturated/α-hetero) is 1. The minimum absolute atomic E-state index is 0.0888. The van der Waals surface area contributed by atoms with Crippen LogP contribution in [0.25, 0.3) is 0 Å². The molecule has 0 saturated heterocycles. The van der Waals surface area contributed by atoms with Crippen LogP contribution in [-0.4, -0.2) is 11.8 Å². The van der Waals surface area contributed by atoms with Crippen molar-refractivity contribution in [1.29, 1.82) is 0 Å². The third-order valence-electron chi connectivity index (χ3n) is 3.54. The summed E-state index contributed by atoms with van der Waals surface area (Å²) in [5, 5.41) is 0. The Bertz CT molecular complexity index is 410. The van der Waals surface area contributed by atoms with Crippen molar-refractivity contribution in [3.8, 4) is 0 Å². The molecule has 0 aliphatic rings. The molecule has 2 atom stereocenters. The Labute approximate surface area is 111 Å². The number of carbonyl (C=O) groups is 1. The molecule has 1 rings (SSSR count). The van der Waals surface area contributed by atoms with Crippen LogP contribution in [0.3, 0.4) is 0 Å². The monoisotopic (exact) mass is 247 g/mol. The van der Waals surface area contributed by atoms with Crippen molar-refractivity contribution in [3.05, 3.63) is 34.9 Å². The molecule has 0 amide bonds. The van der Waals surface area contributed by atoms with E-state index in [9.17, 15) is 4.79 Å². The Hall–Kier alpha value is -1.15. The van der Waals surface area contributed by atoms with Gasteiger partial charge >= 0.3 is 0 Å². The molecule has 1 aromatic carbocycles. The maximum absolute atomic E-state index is 12.3. The fraction of sp³-hybridized carbons (Fsp3) is 0.562. The van der Waals surface area contributed by atoms with E-state index in [1.54, 1.807) is 0 Å². The summed E-state index contributed by atoms with van der Waals surface area (Å²) in [6, 6.07) is 6.19. The van der Waals surface area contributed by atoms with E-state index < -0.39 is 0 Å². The minimum atomic E-state index is 0.0888. The number of nitrogens with two attached hydrogens (primary N) is 1. The van der Waals surface area contributed by atoms with Gasteiger partial charge in [-0.1, -0.05) is 25.5 Å². The van der Waals surface area contributed by atoms with E-state index in [-0.39, 0.29) is 17.7 Å². The summed E-state index contributed by atoms with van der Waals surface area (Å²) in [6.07, 6.45) is 2.94. The third-order valence-corrected chi connectivity index (χ3v) is 3.54. The van der Waals surface area contributed by atoms with Gasteiger partial charge < -0.3 is 5.73 Å². The fourth-order valence-corrected chi connectivity index (χ4v) is 2.06. The SMILES string of the molecule is Cc1ccc(C(=O)C(C)CCCC(C)N)cc1C. The van der Waals surface area contributed by atoms with Crippen LogP contribution in [0, 0.1) is 19.8 Å². The molecule has 2 heteroatoms. The lowest BCUT2D eigenvalue weighted by atomic mass is 9.92. The van der Waals surface area contributed by atoms with E-state index in [0.29, 0.717) is 0 Å². The van der Waals surface area contributed by atoms with Gasteiger partial charge in [-0.25, -0.2) is 0 Å². The third kappa shape index (κ3) is 4.26. The molecule has 100 valence electrons. The van der Waals surface area contributed by atoms with Crippen LogP contribution >= 0.6 is 0 Å². The predicted molar refractivity (Wildman–Crippen MR) is 76.9 cm³/mol. The molecule has 0 spiro atoms. The van der Waals surface area contributed by atoms with Gasteiger partial charge in [0.05, 0.1) is 0 Å². The first-order valence-electron chi connectivity index (χ1n) is 6.79. The molecule has 1 aromatic rings. The van der Waals surface area contributed by atoms with E-state index in [4.69, 9.17) is 5.73 Å². The first kappa shape index (κ1) is 14.9. The normalized spacial score (nSPS) is 14.3. The summed E-state index contributed by atoms with van der Waals surface area (Å²) in [6.45, 7) is 8.14. The first-order chi connectivity index (χ1) is 8.41. The highest BCUT2D eigenvalue weighted by atomic mass is 16.1. The second-order valence-electron chi connectivity index (χ2n) is 5.47. The number of benzene rings is 1. The molecule has 2 unspecified atom stereocenters. The van der Waals surface area contributed by atoms with Crippen molar-refractivity contribution < 1.29 is 4.79 Å². The van der Waals surface area contributed by atoms with Gasteiger partial charge in [-0.3, -0.25) is 4.79 Å². The van der Waals surface area contributed by atoms with Crippen molar-refractivity contribution in [2.75, 3.05) is 0 Å². The average molecular weight is 247 g/mol. The summed E-state index contributed by atoms with van der Waals surface area (Å²) in [5.41, 5.74) is 8.97. The second kappa shape index (κ2) is 6.69. The van der Waals surface area contributed by atoms with E-state index in [0.717, 1.165) is 24.8 Å². The van der Waals surface area contributed by atoms with Crippen LogP contribution < -0.4 is 5.73 Å². The van der Waals surface area contributed by atoms with E-state index in [1.165, 1.54) is 11.1 Å². The fourth-order valence-electron chi connectivity index (χ4n) is 2.06. The zero-order valence-electron chi connectivity index (χ0n) is 12.0. The zero-order chi connectivity index (χ0) is 13.7. The Balaban J connectivity index is 2.60. The minimum Gasteiger partial charge on any atom is -0.328 e. The predicted octanol–water partition coefficient (Wildman–Crippen LogP) is 3.64. The Kier molecular flexibility index (Phi) is 5.54. The first-order valence-corrected chi connectivity index (χ1v) is 6.79. The van der Waals surface area contributed by atoms with E-state index in [1.807, 2.05) is 39.0 Å². The molecule has 0 aliphatic heterocycles. The molecule has 0 aliphatic carbocycles. The van der Waals surface area contributed by atoms with Gasteiger partial charge in [0, 0.05) is 17.5 Å². The summed E-state index contributed by atoms with van der Waals surface area (Å²) in [4.78, 5) is 12.3. The molecular formula is C16H25NO. The number of hydrogen-bond donors (Lipinski definition) is 1. The van der Waals surface area contributed by atoms with Crippen LogP contribution in [0.4, 0.5) is 0 Å². The smallest absolute Gasteiger partial charge is 0.165 e. The average Bonchev–Trinajstić information content (AvgIpc) is 2.31. The number of rotatable bonds is 6. The van der Waals surface area contributed by atoms with Gasteiger partial charge in [0.2, 0.25) is 0 Å². The van der Waals surface area contributed by atoms with Gasteiger partial charge in [0.25, 0.3) is 0 Å². The van der Waals surface area contributed by atoms with Crippen LogP contribution in [0.1, 0.15) is 54.6 Å². The second-order valence-corrected chi connectivity index (χ2v) is 5.47. The highest BCUT2D eigenvalue weighted by Gasteiger charge is 2.15. The quantitative estimate of drug-likeness (QED) is 0.780. The molecule has 18 heavy (non-hydrogen) atoms. The summed E-state index contributed by atoms with van der Waals surface area (Å²) in [7, 11) is 0. The largest absolute Gasteiger partial charge is 0.328 e. The molecule has 0 fully saturated rings. The Morgan fingerprint density at radius 2 is 1.83 bits per heavy atom. The standard InChI is InChI=1S/C16H25NO/c1-11-8-9-15(10-13(11)3)16(18)12(2)6-5-7-14(4)17/h8-10,12,14H,5-7,17H2,1-4H3. The van der Waals surface area contributed by atoms with E-state index >= 15 is 0 Å². The van der Waals surface area contributed by atoms with Crippen molar-refractivity contribution in [2.24, 2.45) is 11.7 Å². The number of aryl methyl sites for hydroxylation is 2. The van der Waals surface area contributed by atoms with Crippen molar-refractivity contribution in [3.63, 3.8) is 0 Å². The molecule has 2 nitrogen and oxygen atoms in total. The lowest BCUT2D eigenvalue weighted by molar-refractivity contribution is 0.0922. The highest BCUT2D eigenvalue weighted by Crippen LogP contribution is 2.18. The van der Waals surface area contributed by atoms with Crippen molar-refractivity contribution >= 4 is 5.78 Å². The maximum Gasteiger partial charge on any atom is 0.165 e. The van der Waals surface area contributed by atoms with Gasteiger partial charge in [0.15, 0.2) is 5.78 Å². The van der Waals surface area contributed by atoms with E-state index in [2.05, 4.69) is 6.92 Å². The highest BCUT2D eigenvalue weighted by molar-refractivity contribution is 5.97. The van der Waals surface area contributed by atoms with Crippen molar-refractivity contribution in [2.45, 2.75) is 53.0 Å². The Morgan fingerprint density at radius 1 is 1.17 bits per heavy atom. The maximum atomic E-state index is 12.3. The number of carbonyl (C=O) groups excluding carboxylic acids is 1. The van der Waals surface area contributed by atoms with Gasteiger partial charge in [-0.05, 0) is 50.8 Å². The molecule has 0 aromatic heterocycles. The summed E-state index contributed by atoms with van der Waals surface area (Å²) >= 11 is 0. The molecule has 0 saturated carbocycles. The Morgan fingerprint density at radius 3 is 2.39 bits per heavy atom. The molecule has 0 bridgehead atoms. The van der Waals surface area contributed by atoms with Crippen LogP contribution in [0.5, 0.6) is 0 Å². The van der Waals surface area contributed by atoms with Gasteiger partial charge in [0.1, 0.15) is 0 Å². The van der Waals surface area contributed by atoms with Gasteiger partial charge in [-0.2, -0.15) is 0 Å². The summed E-state index contributed by atoms with van der Waals surface area (Å²) in [5.74, 6) is 0.341. The molecule has 0 heterocycles. The van der Waals surface area contributed by atoms with Crippen molar-refractivity contribution in [1.82, 2.24) is 0 Å². The number of ketones is 1. The molecule has 0 radical (unpaired) electrons. The molecule has 2 N–H and O–H groups in total. The van der Waals surface area contributed by atoms with Gasteiger partial charge in [-0.15, -0.1) is 0 Å². The lowest BCUT2D eigenvalue weighted by Gasteiger charge is -2.12. The van der Waals surface area contributed by atoms with Crippen LogP contribution in [0.2, 0.25) is 0 Å².